The molecule has 5 nitrogen and oxygen atoms in total. The Labute approximate surface area is 106 Å². The monoisotopic (exact) mass is 254 g/mol. The fourth-order valence-corrected chi connectivity index (χ4v) is 1.58. The maximum atomic E-state index is 11.5. The van der Waals surface area contributed by atoms with Crippen LogP contribution in [0.3, 0.4) is 0 Å². The normalized spacial score (nSPS) is 10.4. The number of nitrogens with one attached hydrogen (secondary N) is 2. The first-order chi connectivity index (χ1) is 8.11. The lowest BCUT2D eigenvalue weighted by atomic mass is 10.4. The van der Waals surface area contributed by atoms with Gasteiger partial charge in [0, 0.05) is 25.0 Å². The predicted molar refractivity (Wildman–Crippen MR) is 71.6 cm³/mol. The third-order valence-corrected chi connectivity index (χ3v) is 2.69. The van der Waals surface area contributed by atoms with Crippen molar-refractivity contribution < 1.29 is 4.79 Å². The number of rotatable bonds is 5. The van der Waals surface area contributed by atoms with Crippen LogP contribution in [0, 0.1) is 0 Å². The summed E-state index contributed by atoms with van der Waals surface area (Å²) in [6.45, 7) is 1.44. The fraction of sp³-hybridized carbons (Fsp3) is 0.455. The summed E-state index contributed by atoms with van der Waals surface area (Å²) in [4.78, 5) is 17.7. The summed E-state index contributed by atoms with van der Waals surface area (Å²) in [5, 5.41) is 6.43. The van der Waals surface area contributed by atoms with Gasteiger partial charge < -0.3 is 15.5 Å². The Hall–Kier alpha value is -1.27. The molecule has 94 valence electrons. The van der Waals surface area contributed by atoms with E-state index < -0.39 is 0 Å². The Morgan fingerprint density at radius 1 is 1.53 bits per heavy atom. The summed E-state index contributed by atoms with van der Waals surface area (Å²) < 4.78 is 0. The molecule has 0 saturated heterocycles. The van der Waals surface area contributed by atoms with Gasteiger partial charge in [-0.1, -0.05) is 0 Å². The van der Waals surface area contributed by atoms with Crippen molar-refractivity contribution in [2.75, 3.05) is 38.8 Å². The van der Waals surface area contributed by atoms with E-state index in [9.17, 15) is 4.79 Å². The summed E-state index contributed by atoms with van der Waals surface area (Å²) in [6.07, 6.45) is 3.63. The maximum Gasteiger partial charge on any atom is 0.319 e. The lowest BCUT2D eigenvalue weighted by Crippen LogP contribution is -2.34. The largest absolute Gasteiger partial charge is 0.337 e. The molecule has 1 aromatic rings. The lowest BCUT2D eigenvalue weighted by Gasteiger charge is -2.11. The zero-order valence-corrected chi connectivity index (χ0v) is 11.2. The Kier molecular flexibility index (Phi) is 5.79. The van der Waals surface area contributed by atoms with E-state index in [4.69, 9.17) is 0 Å². The predicted octanol–water partition coefficient (Wildman–Crippen LogP) is 1.49. The topological polar surface area (TPSA) is 57.3 Å². The molecule has 0 spiro atoms. The Morgan fingerprint density at radius 3 is 2.94 bits per heavy atom. The quantitative estimate of drug-likeness (QED) is 0.782. The van der Waals surface area contributed by atoms with Crippen LogP contribution in [0.15, 0.2) is 23.4 Å². The van der Waals surface area contributed by atoms with Crippen molar-refractivity contribution >= 4 is 23.5 Å². The Balaban J connectivity index is 2.39. The summed E-state index contributed by atoms with van der Waals surface area (Å²) >= 11 is 1.54. The summed E-state index contributed by atoms with van der Waals surface area (Å²) in [6, 6.07) is 3.42. The number of hydrogen-bond donors (Lipinski definition) is 2. The van der Waals surface area contributed by atoms with Crippen molar-refractivity contribution in [1.29, 1.82) is 0 Å². The van der Waals surface area contributed by atoms with Gasteiger partial charge in [0.15, 0.2) is 0 Å². The molecule has 6 heteroatoms. The van der Waals surface area contributed by atoms with Crippen LogP contribution < -0.4 is 10.6 Å². The van der Waals surface area contributed by atoms with Gasteiger partial charge in [0.25, 0.3) is 0 Å². The van der Waals surface area contributed by atoms with Crippen LogP contribution in [0.1, 0.15) is 0 Å². The third-order valence-electron chi connectivity index (χ3n) is 2.05. The minimum absolute atomic E-state index is 0.190. The minimum Gasteiger partial charge on any atom is -0.337 e. The van der Waals surface area contributed by atoms with Crippen molar-refractivity contribution in [3.05, 3.63) is 18.3 Å². The molecule has 0 aliphatic heterocycles. The SMILES string of the molecule is CSc1cc(NC(=O)NCCN(C)C)ccn1. The second kappa shape index (κ2) is 7.13. The molecule has 1 aromatic heterocycles. The van der Waals surface area contributed by atoms with Crippen LogP contribution in [-0.4, -0.2) is 49.4 Å². The third kappa shape index (κ3) is 5.55. The number of hydrogen-bond acceptors (Lipinski definition) is 4. The molecule has 0 fully saturated rings. The summed E-state index contributed by atoms with van der Waals surface area (Å²) in [7, 11) is 3.93. The van der Waals surface area contributed by atoms with E-state index in [-0.39, 0.29) is 6.03 Å². The molecule has 1 rings (SSSR count). The number of carbonyl (C=O) groups excluding carboxylic acids is 1. The van der Waals surface area contributed by atoms with Gasteiger partial charge in [0.2, 0.25) is 0 Å². The Morgan fingerprint density at radius 2 is 2.29 bits per heavy atom. The van der Waals surface area contributed by atoms with Crippen LogP contribution in [0.5, 0.6) is 0 Å². The highest BCUT2D eigenvalue weighted by molar-refractivity contribution is 7.98. The lowest BCUT2D eigenvalue weighted by molar-refractivity contribution is 0.250. The molecule has 17 heavy (non-hydrogen) atoms. The van der Waals surface area contributed by atoms with E-state index >= 15 is 0 Å². The van der Waals surface area contributed by atoms with E-state index in [0.717, 1.165) is 17.3 Å². The molecule has 0 atom stereocenters. The van der Waals surface area contributed by atoms with E-state index in [1.807, 2.05) is 31.3 Å². The minimum atomic E-state index is -0.190. The van der Waals surface area contributed by atoms with E-state index in [2.05, 4.69) is 15.6 Å². The van der Waals surface area contributed by atoms with Crippen molar-refractivity contribution in [3.8, 4) is 0 Å². The molecule has 0 aliphatic rings. The standard InChI is InChI=1S/C11H18N4OS/c1-15(2)7-6-13-11(16)14-9-4-5-12-10(8-9)17-3/h4-5,8H,6-7H2,1-3H3,(H2,12,13,14,16). The summed E-state index contributed by atoms with van der Waals surface area (Å²) in [5.74, 6) is 0. The Bertz CT molecular complexity index is 370. The number of amides is 2. The highest BCUT2D eigenvalue weighted by Crippen LogP contribution is 2.15. The number of anilines is 1. The van der Waals surface area contributed by atoms with Crippen molar-refractivity contribution in [1.82, 2.24) is 15.2 Å². The summed E-state index contributed by atoms with van der Waals surface area (Å²) in [5.41, 5.74) is 0.756. The van der Waals surface area contributed by atoms with Crippen LogP contribution in [-0.2, 0) is 0 Å². The number of carbonyl (C=O) groups is 1. The highest BCUT2D eigenvalue weighted by atomic mass is 32.2. The van der Waals surface area contributed by atoms with E-state index in [0.29, 0.717) is 6.54 Å². The second-order valence-corrected chi connectivity index (χ2v) is 4.60. The van der Waals surface area contributed by atoms with Gasteiger partial charge in [0.05, 0.1) is 5.03 Å². The molecular formula is C11H18N4OS. The van der Waals surface area contributed by atoms with Crippen molar-refractivity contribution in [2.45, 2.75) is 5.03 Å². The van der Waals surface area contributed by atoms with Crippen molar-refractivity contribution in [3.63, 3.8) is 0 Å². The average molecular weight is 254 g/mol. The molecule has 0 aromatic carbocycles. The van der Waals surface area contributed by atoms with Crippen LogP contribution in [0.4, 0.5) is 10.5 Å². The molecule has 2 amide bonds. The van der Waals surface area contributed by atoms with Gasteiger partial charge >= 0.3 is 6.03 Å². The first-order valence-electron chi connectivity index (χ1n) is 5.31. The maximum absolute atomic E-state index is 11.5. The number of urea groups is 1. The molecule has 0 radical (unpaired) electrons. The van der Waals surface area contributed by atoms with Crippen molar-refractivity contribution in [2.24, 2.45) is 0 Å². The first kappa shape index (κ1) is 13.8. The first-order valence-corrected chi connectivity index (χ1v) is 6.54. The van der Waals surface area contributed by atoms with Gasteiger partial charge in [0.1, 0.15) is 0 Å². The molecule has 1 heterocycles. The second-order valence-electron chi connectivity index (χ2n) is 3.77. The van der Waals surface area contributed by atoms with E-state index in [1.165, 1.54) is 0 Å². The smallest absolute Gasteiger partial charge is 0.319 e. The van der Waals surface area contributed by atoms with Crippen LogP contribution in [0.25, 0.3) is 0 Å². The molecule has 0 unspecified atom stereocenters. The zero-order chi connectivity index (χ0) is 12.7. The highest BCUT2D eigenvalue weighted by Gasteiger charge is 2.02. The van der Waals surface area contributed by atoms with Crippen LogP contribution >= 0.6 is 11.8 Å². The number of likely N-dealkylation sites (N-methyl/N-ethyl adjacent to an activating group) is 1. The van der Waals surface area contributed by atoms with Gasteiger partial charge in [-0.25, -0.2) is 9.78 Å². The molecule has 0 saturated carbocycles. The molecule has 0 bridgehead atoms. The molecule has 0 aliphatic carbocycles. The average Bonchev–Trinajstić information content (AvgIpc) is 2.28. The number of aromatic nitrogens is 1. The fourth-order valence-electron chi connectivity index (χ4n) is 1.17. The molecular weight excluding hydrogens is 236 g/mol. The van der Waals surface area contributed by atoms with Gasteiger partial charge in [-0.2, -0.15) is 0 Å². The zero-order valence-electron chi connectivity index (χ0n) is 10.4. The number of thioether (sulfide) groups is 1. The molecule has 2 N–H and O–H groups in total. The number of nitrogens with zero attached hydrogens (tertiary/aromatic N) is 2. The van der Waals surface area contributed by atoms with Gasteiger partial charge in [-0.05, 0) is 32.5 Å². The van der Waals surface area contributed by atoms with Crippen LogP contribution in [0.2, 0.25) is 0 Å². The van der Waals surface area contributed by atoms with Gasteiger partial charge in [-0.3, -0.25) is 0 Å². The number of pyridine rings is 1. The van der Waals surface area contributed by atoms with Gasteiger partial charge in [-0.15, -0.1) is 11.8 Å². The van der Waals surface area contributed by atoms with E-state index in [1.54, 1.807) is 24.0 Å².